The Bertz CT molecular complexity index is 177. The lowest BCUT2D eigenvalue weighted by atomic mass is 10.0. The maximum absolute atomic E-state index is 10.2. The summed E-state index contributed by atoms with van der Waals surface area (Å²) in [6, 6.07) is 0. The lowest BCUT2D eigenvalue weighted by molar-refractivity contribution is -0.179. The van der Waals surface area contributed by atoms with Gasteiger partial charge in [-0.2, -0.15) is 0 Å². The number of aliphatic hydroxyl groups is 2. The highest BCUT2D eigenvalue weighted by atomic mass is 16.5. The minimum absolute atomic E-state index is 0.738. The van der Waals surface area contributed by atoms with E-state index in [2.05, 4.69) is 0 Å². The molecule has 0 radical (unpaired) electrons. The van der Waals surface area contributed by atoms with Gasteiger partial charge in [0.1, 0.15) is 0 Å². The number of carboxylic acid groups (broad SMARTS) is 2. The summed E-state index contributed by atoms with van der Waals surface area (Å²) >= 11 is 0. The summed E-state index contributed by atoms with van der Waals surface area (Å²) in [7, 11) is 0. The molecule has 0 fully saturated rings. The molecule has 0 spiro atoms. The fourth-order valence-corrected chi connectivity index (χ4v) is 0.667. The molecule has 0 saturated carbocycles. The minimum Gasteiger partial charge on any atom is -0.481 e. The van der Waals surface area contributed by atoms with E-state index in [0.717, 1.165) is 6.92 Å². The van der Waals surface area contributed by atoms with Crippen LogP contribution in [0.4, 0.5) is 0 Å². The van der Waals surface area contributed by atoms with Gasteiger partial charge in [0.05, 0.1) is 0 Å². The molecule has 0 aliphatic carbocycles. The van der Waals surface area contributed by atoms with Crippen LogP contribution in [0.3, 0.4) is 0 Å². The van der Waals surface area contributed by atoms with E-state index in [1.54, 1.807) is 0 Å². The predicted molar refractivity (Wildman–Crippen MR) is 36.2 cm³/mol. The fraction of sp³-hybridized carbons (Fsp3) is 0.667. The van der Waals surface area contributed by atoms with Crippen LogP contribution in [0.5, 0.6) is 0 Å². The standard InChI is InChI=1S/C6H10O6/c1-6(11,12)2-3(4(7)8)5(9)10/h3,11-12H,2H2,1H3,(H,7,8)(H,9,10). The van der Waals surface area contributed by atoms with E-state index >= 15 is 0 Å². The summed E-state index contributed by atoms with van der Waals surface area (Å²) in [5.41, 5.74) is 0. The van der Waals surface area contributed by atoms with Crippen molar-refractivity contribution in [1.29, 1.82) is 0 Å². The van der Waals surface area contributed by atoms with Crippen LogP contribution in [0.25, 0.3) is 0 Å². The SMILES string of the molecule is CC(O)(O)CC(C(=O)O)C(=O)O. The van der Waals surface area contributed by atoms with Crippen molar-refractivity contribution < 1.29 is 30.0 Å². The van der Waals surface area contributed by atoms with Crippen LogP contribution in [-0.4, -0.2) is 38.2 Å². The Balaban J connectivity index is 4.35. The van der Waals surface area contributed by atoms with Gasteiger partial charge in [0.25, 0.3) is 0 Å². The monoisotopic (exact) mass is 178 g/mol. The van der Waals surface area contributed by atoms with E-state index in [1.165, 1.54) is 0 Å². The van der Waals surface area contributed by atoms with Crippen molar-refractivity contribution in [3.63, 3.8) is 0 Å². The first-order chi connectivity index (χ1) is 5.24. The van der Waals surface area contributed by atoms with Crippen LogP contribution in [-0.2, 0) is 9.59 Å². The summed E-state index contributed by atoms with van der Waals surface area (Å²) in [5, 5.41) is 34.0. The zero-order valence-corrected chi connectivity index (χ0v) is 6.39. The average molecular weight is 178 g/mol. The predicted octanol–water partition coefficient (Wildman–Crippen LogP) is -1.14. The van der Waals surface area contributed by atoms with E-state index in [0.29, 0.717) is 0 Å². The van der Waals surface area contributed by atoms with Gasteiger partial charge < -0.3 is 20.4 Å². The zero-order valence-electron chi connectivity index (χ0n) is 6.39. The van der Waals surface area contributed by atoms with Crippen LogP contribution in [0.15, 0.2) is 0 Å². The van der Waals surface area contributed by atoms with Gasteiger partial charge in [-0.3, -0.25) is 9.59 Å². The Morgan fingerprint density at radius 3 is 1.67 bits per heavy atom. The Hall–Kier alpha value is -1.14. The van der Waals surface area contributed by atoms with E-state index in [-0.39, 0.29) is 0 Å². The molecule has 0 aromatic rings. The molecule has 0 atom stereocenters. The average Bonchev–Trinajstić information content (AvgIpc) is 1.79. The van der Waals surface area contributed by atoms with Crippen molar-refractivity contribution in [1.82, 2.24) is 0 Å². The first-order valence-corrected chi connectivity index (χ1v) is 3.14. The Labute approximate surface area is 68.1 Å². The number of carboxylic acids is 2. The topological polar surface area (TPSA) is 115 Å². The normalized spacial score (nSPS) is 11.7. The molecule has 6 nitrogen and oxygen atoms in total. The van der Waals surface area contributed by atoms with Crippen LogP contribution in [0.1, 0.15) is 13.3 Å². The number of aliphatic carboxylic acids is 2. The van der Waals surface area contributed by atoms with Crippen molar-refractivity contribution in [2.75, 3.05) is 0 Å². The molecule has 0 aliphatic heterocycles. The second-order valence-electron chi connectivity index (χ2n) is 2.65. The first kappa shape index (κ1) is 10.9. The maximum Gasteiger partial charge on any atom is 0.318 e. The van der Waals surface area contributed by atoms with Gasteiger partial charge in [-0.05, 0) is 6.92 Å². The lowest BCUT2D eigenvalue weighted by Crippen LogP contribution is -2.34. The van der Waals surface area contributed by atoms with Crippen LogP contribution in [0.2, 0.25) is 0 Å². The molecule has 0 bridgehead atoms. The Morgan fingerprint density at radius 2 is 1.58 bits per heavy atom. The van der Waals surface area contributed by atoms with Gasteiger partial charge >= 0.3 is 11.9 Å². The number of carbonyl (C=O) groups is 2. The highest BCUT2D eigenvalue weighted by molar-refractivity contribution is 5.92. The van der Waals surface area contributed by atoms with Crippen LogP contribution < -0.4 is 0 Å². The van der Waals surface area contributed by atoms with E-state index in [9.17, 15) is 9.59 Å². The van der Waals surface area contributed by atoms with Gasteiger partial charge in [0.2, 0.25) is 0 Å². The van der Waals surface area contributed by atoms with Crippen molar-refractivity contribution in [3.8, 4) is 0 Å². The highest BCUT2D eigenvalue weighted by Gasteiger charge is 2.33. The van der Waals surface area contributed by atoms with Gasteiger partial charge in [0, 0.05) is 6.42 Å². The third-order valence-corrected chi connectivity index (χ3v) is 1.19. The van der Waals surface area contributed by atoms with Crippen LogP contribution >= 0.6 is 0 Å². The quantitative estimate of drug-likeness (QED) is 0.319. The van der Waals surface area contributed by atoms with Crippen molar-refractivity contribution >= 4 is 11.9 Å². The molecular formula is C6H10O6. The Morgan fingerprint density at radius 1 is 1.25 bits per heavy atom. The summed E-state index contributed by atoms with van der Waals surface area (Å²) in [6.45, 7) is 0.922. The molecule has 70 valence electrons. The lowest BCUT2D eigenvalue weighted by Gasteiger charge is -2.17. The van der Waals surface area contributed by atoms with Crippen molar-refractivity contribution in [2.24, 2.45) is 5.92 Å². The molecule has 0 aromatic carbocycles. The summed E-state index contributed by atoms with van der Waals surface area (Å²) < 4.78 is 0. The molecule has 0 rings (SSSR count). The first-order valence-electron chi connectivity index (χ1n) is 3.14. The molecule has 0 heterocycles. The molecule has 0 amide bonds. The largest absolute Gasteiger partial charge is 0.481 e. The van der Waals surface area contributed by atoms with Gasteiger partial charge in [0.15, 0.2) is 11.7 Å². The molecular weight excluding hydrogens is 168 g/mol. The number of rotatable bonds is 4. The van der Waals surface area contributed by atoms with E-state index in [4.69, 9.17) is 20.4 Å². The smallest absolute Gasteiger partial charge is 0.318 e. The minimum atomic E-state index is -2.28. The summed E-state index contributed by atoms with van der Waals surface area (Å²) in [5.74, 6) is -7.24. The second-order valence-corrected chi connectivity index (χ2v) is 2.65. The molecule has 12 heavy (non-hydrogen) atoms. The number of hydrogen-bond acceptors (Lipinski definition) is 4. The third-order valence-electron chi connectivity index (χ3n) is 1.19. The summed E-state index contributed by atoms with van der Waals surface area (Å²) in [6.07, 6.45) is -0.738. The van der Waals surface area contributed by atoms with Crippen molar-refractivity contribution in [3.05, 3.63) is 0 Å². The van der Waals surface area contributed by atoms with Crippen molar-refractivity contribution in [2.45, 2.75) is 19.1 Å². The van der Waals surface area contributed by atoms with E-state index in [1.807, 2.05) is 0 Å². The van der Waals surface area contributed by atoms with E-state index < -0.39 is 30.1 Å². The molecule has 0 aliphatic rings. The maximum atomic E-state index is 10.2. The second kappa shape index (κ2) is 3.51. The fourth-order valence-electron chi connectivity index (χ4n) is 0.667. The Kier molecular flexibility index (Phi) is 3.17. The molecule has 0 unspecified atom stereocenters. The van der Waals surface area contributed by atoms with Crippen LogP contribution in [0, 0.1) is 5.92 Å². The zero-order chi connectivity index (χ0) is 9.94. The highest BCUT2D eigenvalue weighted by Crippen LogP contribution is 2.14. The molecule has 4 N–H and O–H groups in total. The van der Waals surface area contributed by atoms with Gasteiger partial charge in [-0.1, -0.05) is 0 Å². The molecule has 6 heteroatoms. The van der Waals surface area contributed by atoms with Gasteiger partial charge in [-0.15, -0.1) is 0 Å². The molecule has 0 aromatic heterocycles. The number of hydrogen-bond donors (Lipinski definition) is 4. The van der Waals surface area contributed by atoms with Gasteiger partial charge in [-0.25, -0.2) is 0 Å². The summed E-state index contributed by atoms with van der Waals surface area (Å²) in [4.78, 5) is 20.4. The third kappa shape index (κ3) is 3.89. The molecule has 0 saturated heterocycles.